The van der Waals surface area contributed by atoms with Gasteiger partial charge in [-0.3, -0.25) is 9.59 Å². The van der Waals surface area contributed by atoms with Crippen molar-refractivity contribution in [3.63, 3.8) is 0 Å². The lowest BCUT2D eigenvalue weighted by Gasteiger charge is -2.26. The van der Waals surface area contributed by atoms with E-state index in [0.717, 1.165) is 17.9 Å². The van der Waals surface area contributed by atoms with E-state index in [2.05, 4.69) is 24.8 Å². The minimum atomic E-state index is -0.793. The summed E-state index contributed by atoms with van der Waals surface area (Å²) in [5, 5.41) is 9.60. The summed E-state index contributed by atoms with van der Waals surface area (Å²) in [4.78, 5) is 24.9. The molecule has 1 aliphatic rings. The molecule has 0 amide bonds. The quantitative estimate of drug-likeness (QED) is 0.858. The Morgan fingerprint density at radius 3 is 2.48 bits per heavy atom. The second-order valence-electron chi connectivity index (χ2n) is 5.84. The van der Waals surface area contributed by atoms with Gasteiger partial charge in [-0.2, -0.15) is 0 Å². The summed E-state index contributed by atoms with van der Waals surface area (Å²) < 4.78 is 0. The van der Waals surface area contributed by atoms with E-state index in [-0.39, 0.29) is 11.0 Å². The smallest absolute Gasteiger partial charge is 0.268 e. The summed E-state index contributed by atoms with van der Waals surface area (Å²) in [5.41, 5.74) is 1.65. The first-order valence-corrected chi connectivity index (χ1v) is 7.01. The molecule has 1 N–H and O–H groups in total. The van der Waals surface area contributed by atoms with Gasteiger partial charge in [-0.05, 0) is 24.6 Å². The lowest BCUT2D eigenvalue weighted by atomic mass is 9.83. The van der Waals surface area contributed by atoms with Crippen molar-refractivity contribution in [3.8, 4) is 5.75 Å². The fourth-order valence-electron chi connectivity index (χ4n) is 3.11. The van der Waals surface area contributed by atoms with Crippen molar-refractivity contribution in [3.05, 3.63) is 61.5 Å². The van der Waals surface area contributed by atoms with Crippen LogP contribution in [0.1, 0.15) is 31.9 Å². The summed E-state index contributed by atoms with van der Waals surface area (Å²) in [5.74, 6) is -0.421. The van der Waals surface area contributed by atoms with Gasteiger partial charge in [-0.15, -0.1) is 0 Å². The van der Waals surface area contributed by atoms with Crippen LogP contribution in [-0.2, 0) is 5.41 Å². The molecule has 0 aliphatic carbocycles. The molecular formula is C17H17NO3. The zero-order valence-corrected chi connectivity index (χ0v) is 12.3. The second-order valence-corrected chi connectivity index (χ2v) is 5.84. The van der Waals surface area contributed by atoms with Crippen LogP contribution in [0.5, 0.6) is 5.75 Å². The second kappa shape index (κ2) is 4.32. The monoisotopic (exact) mass is 283 g/mol. The number of para-hydroxylation sites is 1. The molecule has 0 unspecified atom stereocenters. The molecular weight excluding hydrogens is 266 g/mol. The highest BCUT2D eigenvalue weighted by atomic mass is 16.3. The number of likely N-dealkylation sites (N-methyl/N-ethyl adjacent to an activating group) is 1. The molecule has 3 rings (SSSR count). The predicted molar refractivity (Wildman–Crippen MR) is 83.5 cm³/mol. The number of fused-ring (bicyclic) bond motifs is 1. The summed E-state index contributed by atoms with van der Waals surface area (Å²) in [6.07, 6.45) is 1.66. The molecule has 0 saturated carbocycles. The van der Waals surface area contributed by atoms with Gasteiger partial charge in [-0.1, -0.05) is 32.0 Å². The molecule has 1 heterocycles. The van der Waals surface area contributed by atoms with E-state index in [4.69, 9.17) is 0 Å². The summed E-state index contributed by atoms with van der Waals surface area (Å²) in [6, 6.07) is 8.09. The van der Waals surface area contributed by atoms with Crippen LogP contribution in [0.4, 0.5) is 5.69 Å². The van der Waals surface area contributed by atoms with Gasteiger partial charge < -0.3 is 10.0 Å². The van der Waals surface area contributed by atoms with Crippen molar-refractivity contribution in [1.82, 2.24) is 0 Å². The Hall–Kier alpha value is -2.36. The number of anilines is 1. The van der Waals surface area contributed by atoms with E-state index in [9.17, 15) is 14.7 Å². The number of aromatic hydroxyl groups is 1. The Morgan fingerprint density at radius 2 is 1.86 bits per heavy atom. The van der Waals surface area contributed by atoms with Gasteiger partial charge in [0.15, 0.2) is 5.75 Å². The molecule has 4 nitrogen and oxygen atoms in total. The van der Waals surface area contributed by atoms with Crippen LogP contribution in [-0.4, -0.2) is 11.7 Å². The molecule has 0 spiro atoms. The highest BCUT2D eigenvalue weighted by molar-refractivity contribution is 5.77. The Bertz CT molecular complexity index is 823. The molecule has 0 atom stereocenters. The van der Waals surface area contributed by atoms with Crippen LogP contribution in [0.2, 0.25) is 0 Å². The summed E-state index contributed by atoms with van der Waals surface area (Å²) >= 11 is 0. The number of hydrogen-bond donors (Lipinski definition) is 1. The van der Waals surface area contributed by atoms with Crippen LogP contribution in [0.25, 0.3) is 6.08 Å². The van der Waals surface area contributed by atoms with Crippen LogP contribution >= 0.6 is 0 Å². The van der Waals surface area contributed by atoms with Gasteiger partial charge in [0.2, 0.25) is 5.43 Å². The average Bonchev–Trinajstić information content (AvgIpc) is 2.71. The van der Waals surface area contributed by atoms with Crippen LogP contribution in [0.3, 0.4) is 0 Å². The SMILES string of the molecule is CCN1C(=Cc2c(O)c(=O)c2=O)C(C)(C)c2ccccc21. The maximum atomic E-state index is 11.6. The van der Waals surface area contributed by atoms with Crippen molar-refractivity contribution < 1.29 is 5.11 Å². The molecule has 1 aliphatic heterocycles. The van der Waals surface area contributed by atoms with Crippen LogP contribution < -0.4 is 15.8 Å². The van der Waals surface area contributed by atoms with Gasteiger partial charge in [0, 0.05) is 23.3 Å². The van der Waals surface area contributed by atoms with E-state index < -0.39 is 16.6 Å². The van der Waals surface area contributed by atoms with Gasteiger partial charge in [0.25, 0.3) is 5.43 Å². The number of nitrogens with zero attached hydrogens (tertiary/aromatic N) is 1. The summed E-state index contributed by atoms with van der Waals surface area (Å²) in [6.45, 7) is 6.95. The average molecular weight is 283 g/mol. The number of hydrogen-bond acceptors (Lipinski definition) is 4. The molecule has 0 bridgehead atoms. The zero-order valence-electron chi connectivity index (χ0n) is 12.3. The minimum Gasteiger partial charge on any atom is -0.504 e. The lowest BCUT2D eigenvalue weighted by Crippen LogP contribution is -2.34. The largest absolute Gasteiger partial charge is 0.504 e. The molecule has 0 saturated heterocycles. The highest BCUT2D eigenvalue weighted by Crippen LogP contribution is 2.48. The van der Waals surface area contributed by atoms with Crippen molar-refractivity contribution in [1.29, 1.82) is 0 Å². The van der Waals surface area contributed by atoms with Crippen LogP contribution in [0.15, 0.2) is 39.6 Å². The first-order chi connectivity index (χ1) is 9.89. The number of benzene rings is 1. The molecule has 108 valence electrons. The third-order valence-corrected chi connectivity index (χ3v) is 4.32. The molecule has 21 heavy (non-hydrogen) atoms. The standard InChI is InChI=1S/C17H17NO3/c1-4-18-12-8-6-5-7-11(12)17(2,3)13(18)9-10-14(19)16(21)15(10)20/h5-9,19H,4H2,1-3H3. The molecule has 0 fully saturated rings. The maximum Gasteiger partial charge on any atom is 0.268 e. The third-order valence-electron chi connectivity index (χ3n) is 4.32. The topological polar surface area (TPSA) is 57.6 Å². The zero-order chi connectivity index (χ0) is 15.4. The van der Waals surface area contributed by atoms with Crippen molar-refractivity contribution in [2.75, 3.05) is 11.4 Å². The van der Waals surface area contributed by atoms with Crippen LogP contribution in [0, 0.1) is 0 Å². The Kier molecular flexibility index (Phi) is 2.80. The van der Waals surface area contributed by atoms with Gasteiger partial charge in [0.1, 0.15) is 0 Å². The Labute approximate surface area is 122 Å². The lowest BCUT2D eigenvalue weighted by molar-refractivity contribution is 0.461. The van der Waals surface area contributed by atoms with E-state index >= 15 is 0 Å². The molecule has 0 radical (unpaired) electrons. The minimum absolute atomic E-state index is 0.120. The normalized spacial score (nSPS) is 18.4. The van der Waals surface area contributed by atoms with E-state index in [1.165, 1.54) is 5.56 Å². The highest BCUT2D eigenvalue weighted by Gasteiger charge is 2.39. The number of allylic oxidation sites excluding steroid dienone is 1. The van der Waals surface area contributed by atoms with Gasteiger partial charge in [0.05, 0.1) is 5.56 Å². The summed E-state index contributed by atoms with van der Waals surface area (Å²) in [7, 11) is 0. The first kappa shape index (κ1) is 13.6. The van der Waals surface area contributed by atoms with Crippen molar-refractivity contribution in [2.45, 2.75) is 26.2 Å². The number of rotatable bonds is 2. The Morgan fingerprint density at radius 1 is 1.19 bits per heavy atom. The van der Waals surface area contributed by atoms with E-state index in [1.807, 2.05) is 25.1 Å². The molecule has 0 aromatic heterocycles. The van der Waals surface area contributed by atoms with E-state index in [1.54, 1.807) is 6.08 Å². The molecule has 4 heteroatoms. The van der Waals surface area contributed by atoms with Gasteiger partial charge >= 0.3 is 0 Å². The van der Waals surface area contributed by atoms with Crippen molar-refractivity contribution >= 4 is 11.8 Å². The third kappa shape index (κ3) is 1.68. The Balaban J connectivity index is 2.20. The fraction of sp³-hybridized carbons (Fsp3) is 0.294. The van der Waals surface area contributed by atoms with Gasteiger partial charge in [-0.25, -0.2) is 0 Å². The first-order valence-electron chi connectivity index (χ1n) is 7.01. The predicted octanol–water partition coefficient (Wildman–Crippen LogP) is 2.15. The molecule has 2 aromatic rings. The molecule has 2 aromatic carbocycles. The maximum absolute atomic E-state index is 11.6. The fourth-order valence-corrected chi connectivity index (χ4v) is 3.11. The van der Waals surface area contributed by atoms with Crippen molar-refractivity contribution in [2.24, 2.45) is 0 Å². The van der Waals surface area contributed by atoms with E-state index in [0.29, 0.717) is 0 Å².